The molecule has 0 spiro atoms. The lowest BCUT2D eigenvalue weighted by atomic mass is 10.00. The third-order valence-electron chi connectivity index (χ3n) is 6.26. The van der Waals surface area contributed by atoms with Crippen LogP contribution in [-0.2, 0) is 11.3 Å². The number of carbonyl (C=O) groups excluding carboxylic acids is 1. The summed E-state index contributed by atoms with van der Waals surface area (Å²) in [4.78, 5) is 27.9. The van der Waals surface area contributed by atoms with Crippen molar-refractivity contribution in [3.05, 3.63) is 52.6 Å². The number of fused-ring (bicyclic) bond motifs is 1. The van der Waals surface area contributed by atoms with E-state index in [0.29, 0.717) is 29.6 Å². The number of nitrogens with zero attached hydrogens (tertiary/aromatic N) is 5. The average molecular weight is 437 g/mol. The lowest BCUT2D eigenvalue weighted by Gasteiger charge is -2.35. The van der Waals surface area contributed by atoms with Gasteiger partial charge in [-0.3, -0.25) is 9.59 Å². The van der Waals surface area contributed by atoms with Crippen LogP contribution in [-0.4, -0.2) is 55.9 Å². The zero-order valence-corrected chi connectivity index (χ0v) is 19.0. The average Bonchev–Trinajstić information content (AvgIpc) is 3.27. The smallest absolute Gasteiger partial charge is 0.293 e. The lowest BCUT2D eigenvalue weighted by Crippen LogP contribution is -2.41. The number of aromatic nitrogens is 4. The third kappa shape index (κ3) is 4.91. The minimum atomic E-state index is -0.320. The molecule has 1 saturated heterocycles. The Labute approximate surface area is 188 Å². The Morgan fingerprint density at radius 1 is 1.19 bits per heavy atom. The quantitative estimate of drug-likeness (QED) is 0.549. The van der Waals surface area contributed by atoms with E-state index in [9.17, 15) is 9.59 Å². The molecule has 3 aromatic rings. The van der Waals surface area contributed by atoms with E-state index in [0.717, 1.165) is 25.1 Å². The highest BCUT2D eigenvalue weighted by Crippen LogP contribution is 2.19. The number of hydrogen-bond acceptors (Lipinski definition) is 5. The van der Waals surface area contributed by atoms with Crippen LogP contribution in [0.2, 0.25) is 0 Å². The second-order valence-electron chi connectivity index (χ2n) is 8.50. The normalized spacial score (nSPS) is 17.0. The number of nitrogens with one attached hydrogen (secondary N) is 1. The second kappa shape index (κ2) is 10.1. The fourth-order valence-electron chi connectivity index (χ4n) is 4.55. The van der Waals surface area contributed by atoms with Crippen LogP contribution in [0.15, 0.2) is 41.2 Å². The van der Waals surface area contributed by atoms with Crippen molar-refractivity contribution in [3.63, 3.8) is 0 Å². The van der Waals surface area contributed by atoms with E-state index in [-0.39, 0.29) is 18.0 Å². The maximum atomic E-state index is 12.9. The first kappa shape index (κ1) is 22.2. The highest BCUT2D eigenvalue weighted by molar-refractivity contribution is 5.75. The van der Waals surface area contributed by atoms with Gasteiger partial charge in [0.1, 0.15) is 17.9 Å². The molecular formula is C24H32N6O2. The number of amides is 1. The van der Waals surface area contributed by atoms with Crippen molar-refractivity contribution in [1.82, 2.24) is 29.6 Å². The molecule has 1 amide bonds. The number of hydrogen-bond donors (Lipinski definition) is 1. The molecule has 1 atom stereocenters. The molecule has 0 unspecified atom stereocenters. The van der Waals surface area contributed by atoms with Crippen molar-refractivity contribution >= 4 is 11.4 Å². The summed E-state index contributed by atoms with van der Waals surface area (Å²) in [6.07, 6.45) is 5.95. The molecule has 1 aromatic carbocycles. The first-order chi connectivity index (χ1) is 15.6. The van der Waals surface area contributed by atoms with Crippen molar-refractivity contribution in [2.45, 2.75) is 58.5 Å². The van der Waals surface area contributed by atoms with Gasteiger partial charge in [-0.15, -0.1) is 0 Å². The Kier molecular flexibility index (Phi) is 6.99. The molecule has 0 bridgehead atoms. The number of carbonyl (C=O) groups is 1. The fraction of sp³-hybridized carbons (Fsp3) is 0.500. The fourth-order valence-corrected chi connectivity index (χ4v) is 4.55. The molecule has 4 rings (SSSR count). The Morgan fingerprint density at radius 3 is 2.78 bits per heavy atom. The van der Waals surface area contributed by atoms with Crippen LogP contribution in [0.25, 0.3) is 16.8 Å². The van der Waals surface area contributed by atoms with Crippen LogP contribution in [0.1, 0.15) is 44.9 Å². The summed E-state index contributed by atoms with van der Waals surface area (Å²) in [5.74, 6) is 0.363. The van der Waals surface area contributed by atoms with Crippen LogP contribution in [0.5, 0.6) is 0 Å². The van der Waals surface area contributed by atoms with Gasteiger partial charge in [-0.05, 0) is 45.2 Å². The van der Waals surface area contributed by atoms with Gasteiger partial charge in [-0.25, -0.2) is 9.20 Å². The van der Waals surface area contributed by atoms with E-state index in [1.165, 1.54) is 30.4 Å². The Bertz CT molecular complexity index is 1120. The maximum absolute atomic E-state index is 12.9. The molecule has 1 fully saturated rings. The summed E-state index contributed by atoms with van der Waals surface area (Å²) in [5.41, 5.74) is 1.73. The van der Waals surface area contributed by atoms with Crippen LogP contribution in [0, 0.1) is 6.92 Å². The van der Waals surface area contributed by atoms with E-state index >= 15 is 0 Å². The van der Waals surface area contributed by atoms with E-state index < -0.39 is 0 Å². The Balaban J connectivity index is 1.37. The Morgan fingerprint density at radius 2 is 2.00 bits per heavy atom. The van der Waals surface area contributed by atoms with Gasteiger partial charge in [0.05, 0.1) is 5.69 Å². The number of likely N-dealkylation sites (tertiary alicyclic amines) is 1. The molecule has 1 aliphatic rings. The largest absolute Gasteiger partial charge is 0.354 e. The monoisotopic (exact) mass is 436 g/mol. The van der Waals surface area contributed by atoms with Gasteiger partial charge >= 0.3 is 0 Å². The SMILES string of the molecule is CC[C@H]1CCCCN1CCCNC(=O)Cn1nc(C)n2nc(-c3ccccc3)cc2c1=O. The molecule has 1 N–H and O–H groups in total. The number of aryl methyl sites for hydroxylation is 1. The first-order valence-corrected chi connectivity index (χ1v) is 11.6. The molecule has 8 heteroatoms. The minimum absolute atomic E-state index is 0.0939. The predicted octanol–water partition coefficient (Wildman–Crippen LogP) is 2.64. The molecule has 3 heterocycles. The summed E-state index contributed by atoms with van der Waals surface area (Å²) in [6, 6.07) is 12.1. The van der Waals surface area contributed by atoms with E-state index in [4.69, 9.17) is 0 Å². The van der Waals surface area contributed by atoms with E-state index in [2.05, 4.69) is 27.3 Å². The molecule has 0 saturated carbocycles. The van der Waals surface area contributed by atoms with Gasteiger partial charge in [-0.1, -0.05) is 43.7 Å². The summed E-state index contributed by atoms with van der Waals surface area (Å²) >= 11 is 0. The predicted molar refractivity (Wildman–Crippen MR) is 125 cm³/mol. The number of rotatable bonds is 8. The number of benzene rings is 1. The summed E-state index contributed by atoms with van der Waals surface area (Å²) in [7, 11) is 0. The molecule has 8 nitrogen and oxygen atoms in total. The molecule has 32 heavy (non-hydrogen) atoms. The van der Waals surface area contributed by atoms with Gasteiger partial charge < -0.3 is 10.2 Å². The minimum Gasteiger partial charge on any atom is -0.354 e. The standard InChI is InChI=1S/C24H32N6O2/c1-3-20-12-7-8-14-28(20)15-9-13-25-23(31)17-29-24(32)22-16-21(19-10-5-4-6-11-19)27-30(22)18(2)26-29/h4-6,10-11,16,20H,3,7-9,12-15,17H2,1-2H3,(H,25,31)/t20-/m0/s1. The zero-order valence-electron chi connectivity index (χ0n) is 19.0. The topological polar surface area (TPSA) is 84.5 Å². The van der Waals surface area contributed by atoms with Crippen molar-refractivity contribution in [2.75, 3.05) is 19.6 Å². The van der Waals surface area contributed by atoms with Crippen molar-refractivity contribution in [2.24, 2.45) is 0 Å². The van der Waals surface area contributed by atoms with Gasteiger partial charge in [0.15, 0.2) is 0 Å². The van der Waals surface area contributed by atoms with Crippen LogP contribution in [0.4, 0.5) is 0 Å². The molecule has 0 radical (unpaired) electrons. The molecule has 170 valence electrons. The van der Waals surface area contributed by atoms with Crippen molar-refractivity contribution in [3.8, 4) is 11.3 Å². The molecule has 2 aromatic heterocycles. The highest BCUT2D eigenvalue weighted by Gasteiger charge is 2.20. The molecular weight excluding hydrogens is 404 g/mol. The van der Waals surface area contributed by atoms with Crippen LogP contribution < -0.4 is 10.9 Å². The van der Waals surface area contributed by atoms with Gasteiger partial charge in [-0.2, -0.15) is 10.2 Å². The van der Waals surface area contributed by atoms with E-state index in [1.807, 2.05) is 30.3 Å². The van der Waals surface area contributed by atoms with Crippen LogP contribution >= 0.6 is 0 Å². The van der Waals surface area contributed by atoms with Crippen molar-refractivity contribution < 1.29 is 4.79 Å². The molecule has 0 aliphatic carbocycles. The summed E-state index contributed by atoms with van der Waals surface area (Å²) < 4.78 is 2.77. The van der Waals surface area contributed by atoms with Gasteiger partial charge in [0.2, 0.25) is 5.91 Å². The zero-order chi connectivity index (χ0) is 22.5. The van der Waals surface area contributed by atoms with E-state index in [1.54, 1.807) is 17.5 Å². The third-order valence-corrected chi connectivity index (χ3v) is 6.26. The van der Waals surface area contributed by atoms with Gasteiger partial charge in [0.25, 0.3) is 5.56 Å². The van der Waals surface area contributed by atoms with Crippen molar-refractivity contribution in [1.29, 1.82) is 0 Å². The summed E-state index contributed by atoms with van der Waals surface area (Å²) in [6.45, 7) is 6.69. The maximum Gasteiger partial charge on any atom is 0.293 e. The van der Waals surface area contributed by atoms with Crippen LogP contribution in [0.3, 0.4) is 0 Å². The Hall–Kier alpha value is -3.00. The number of piperidine rings is 1. The van der Waals surface area contributed by atoms with Gasteiger partial charge in [0, 0.05) is 24.7 Å². The second-order valence-corrected chi connectivity index (χ2v) is 8.50. The first-order valence-electron chi connectivity index (χ1n) is 11.6. The molecule has 1 aliphatic heterocycles. The lowest BCUT2D eigenvalue weighted by molar-refractivity contribution is -0.121. The summed E-state index contributed by atoms with van der Waals surface area (Å²) in [5, 5.41) is 11.8. The highest BCUT2D eigenvalue weighted by atomic mass is 16.2.